The van der Waals surface area contributed by atoms with Crippen molar-refractivity contribution in [2.75, 3.05) is 18.4 Å². The topological polar surface area (TPSA) is 104 Å². The van der Waals surface area contributed by atoms with Crippen LogP contribution in [0.2, 0.25) is 10.0 Å². The largest absolute Gasteiger partial charge is 0.478 e. The third kappa shape index (κ3) is 4.90. The van der Waals surface area contributed by atoms with Gasteiger partial charge in [-0.05, 0) is 55.3 Å². The van der Waals surface area contributed by atoms with Crippen molar-refractivity contribution < 1.29 is 23.1 Å². The van der Waals surface area contributed by atoms with Crippen LogP contribution in [0.25, 0.3) is 0 Å². The summed E-state index contributed by atoms with van der Waals surface area (Å²) in [6, 6.07) is 9.99. The van der Waals surface area contributed by atoms with Crippen molar-refractivity contribution >= 4 is 50.8 Å². The second kappa shape index (κ2) is 8.71. The maximum Gasteiger partial charge on any atom is 0.335 e. The molecule has 0 aromatic heterocycles. The molecule has 10 heteroatoms. The van der Waals surface area contributed by atoms with Gasteiger partial charge in [-0.3, -0.25) is 4.79 Å². The standard InChI is InChI=1S/C19H18Cl2N2O5S/c20-14-2-4-15(5-3-14)29(27,28)23-9-7-12(8-10-23)18(24)22-17-11-13(19(25)26)1-6-16(17)21/h1-6,11-12H,7-10H2,(H,22,24)(H,25,26). The van der Waals surface area contributed by atoms with E-state index in [1.165, 1.54) is 46.8 Å². The van der Waals surface area contributed by atoms with E-state index >= 15 is 0 Å². The van der Waals surface area contributed by atoms with Crippen molar-refractivity contribution in [2.24, 2.45) is 5.92 Å². The molecule has 1 heterocycles. The van der Waals surface area contributed by atoms with Crippen LogP contribution in [0.1, 0.15) is 23.2 Å². The SMILES string of the molecule is O=C(O)c1ccc(Cl)c(NC(=O)C2CCN(S(=O)(=O)c3ccc(Cl)cc3)CC2)c1. The van der Waals surface area contributed by atoms with E-state index in [0.29, 0.717) is 17.9 Å². The molecule has 0 bridgehead atoms. The number of halogens is 2. The van der Waals surface area contributed by atoms with E-state index in [4.69, 9.17) is 28.3 Å². The van der Waals surface area contributed by atoms with E-state index in [0.717, 1.165) is 0 Å². The molecule has 0 saturated carbocycles. The Kier molecular flexibility index (Phi) is 6.48. The fourth-order valence-corrected chi connectivity index (χ4v) is 4.86. The van der Waals surface area contributed by atoms with Crippen LogP contribution in [-0.2, 0) is 14.8 Å². The molecule has 0 unspecified atom stereocenters. The summed E-state index contributed by atoms with van der Waals surface area (Å²) in [5.74, 6) is -1.85. The number of hydrogen-bond acceptors (Lipinski definition) is 4. The Labute approximate surface area is 178 Å². The number of hydrogen-bond donors (Lipinski definition) is 2. The molecular weight excluding hydrogens is 439 g/mol. The van der Waals surface area contributed by atoms with Crippen molar-refractivity contribution in [3.8, 4) is 0 Å². The molecule has 1 saturated heterocycles. The molecule has 1 aliphatic heterocycles. The second-order valence-corrected chi connectivity index (χ2v) is 9.40. The molecule has 1 fully saturated rings. The van der Waals surface area contributed by atoms with Crippen LogP contribution in [0.3, 0.4) is 0 Å². The van der Waals surface area contributed by atoms with Crippen LogP contribution in [-0.4, -0.2) is 42.8 Å². The second-order valence-electron chi connectivity index (χ2n) is 6.62. The number of carbonyl (C=O) groups is 2. The number of carbonyl (C=O) groups excluding carboxylic acids is 1. The molecule has 0 radical (unpaired) electrons. The van der Waals surface area contributed by atoms with E-state index in [1.807, 2.05) is 0 Å². The van der Waals surface area contributed by atoms with Gasteiger partial charge in [-0.2, -0.15) is 4.31 Å². The lowest BCUT2D eigenvalue weighted by Gasteiger charge is -2.30. The highest BCUT2D eigenvalue weighted by atomic mass is 35.5. The highest BCUT2D eigenvalue weighted by molar-refractivity contribution is 7.89. The number of rotatable bonds is 5. The zero-order valence-electron chi connectivity index (χ0n) is 15.1. The predicted molar refractivity (Wildman–Crippen MR) is 110 cm³/mol. The van der Waals surface area contributed by atoms with E-state index < -0.39 is 21.9 Å². The zero-order valence-corrected chi connectivity index (χ0v) is 17.5. The quantitative estimate of drug-likeness (QED) is 0.712. The van der Waals surface area contributed by atoms with Gasteiger partial charge in [0.25, 0.3) is 0 Å². The maximum absolute atomic E-state index is 12.7. The van der Waals surface area contributed by atoms with Crippen molar-refractivity contribution in [3.63, 3.8) is 0 Å². The summed E-state index contributed by atoms with van der Waals surface area (Å²) < 4.78 is 26.8. The van der Waals surface area contributed by atoms with Crippen LogP contribution < -0.4 is 5.32 Å². The van der Waals surface area contributed by atoms with Gasteiger partial charge in [0.1, 0.15) is 0 Å². The molecule has 3 rings (SSSR count). The first-order valence-corrected chi connectivity index (χ1v) is 11.0. The molecule has 1 aliphatic rings. The van der Waals surface area contributed by atoms with Gasteiger partial charge in [0.15, 0.2) is 0 Å². The van der Waals surface area contributed by atoms with Gasteiger partial charge in [-0.25, -0.2) is 13.2 Å². The number of benzene rings is 2. The Bertz CT molecular complexity index is 1030. The minimum atomic E-state index is -3.65. The van der Waals surface area contributed by atoms with Crippen molar-refractivity contribution in [1.29, 1.82) is 0 Å². The molecule has 2 aromatic rings. The summed E-state index contributed by atoms with van der Waals surface area (Å²) in [5, 5.41) is 12.4. The molecule has 7 nitrogen and oxygen atoms in total. The van der Waals surface area contributed by atoms with E-state index in [1.54, 1.807) is 0 Å². The normalized spacial score (nSPS) is 15.8. The first-order valence-electron chi connectivity index (χ1n) is 8.78. The number of sulfonamides is 1. The van der Waals surface area contributed by atoms with Crippen molar-refractivity contribution in [1.82, 2.24) is 4.31 Å². The van der Waals surface area contributed by atoms with Gasteiger partial charge in [-0.15, -0.1) is 0 Å². The molecule has 0 spiro atoms. The van der Waals surface area contributed by atoms with Gasteiger partial charge in [-0.1, -0.05) is 23.2 Å². The Morgan fingerprint density at radius 3 is 2.24 bits per heavy atom. The summed E-state index contributed by atoms with van der Waals surface area (Å²) in [7, 11) is -3.65. The lowest BCUT2D eigenvalue weighted by Crippen LogP contribution is -2.41. The van der Waals surface area contributed by atoms with Gasteiger partial charge >= 0.3 is 5.97 Å². The highest BCUT2D eigenvalue weighted by Crippen LogP contribution is 2.28. The molecule has 2 aromatic carbocycles. The molecule has 0 atom stereocenters. The minimum absolute atomic E-state index is 0.00794. The summed E-state index contributed by atoms with van der Waals surface area (Å²) in [5.41, 5.74) is 0.223. The number of nitrogens with one attached hydrogen (secondary N) is 1. The fraction of sp³-hybridized carbons (Fsp3) is 0.263. The van der Waals surface area contributed by atoms with Crippen LogP contribution >= 0.6 is 23.2 Å². The predicted octanol–water partition coefficient (Wildman–Crippen LogP) is 3.73. The Morgan fingerprint density at radius 1 is 1.03 bits per heavy atom. The average Bonchev–Trinajstić information content (AvgIpc) is 2.70. The number of anilines is 1. The lowest BCUT2D eigenvalue weighted by molar-refractivity contribution is -0.120. The van der Waals surface area contributed by atoms with Crippen molar-refractivity contribution in [2.45, 2.75) is 17.7 Å². The van der Waals surface area contributed by atoms with Crippen LogP contribution in [0.4, 0.5) is 5.69 Å². The van der Waals surface area contributed by atoms with Crippen LogP contribution in [0.5, 0.6) is 0 Å². The van der Waals surface area contributed by atoms with Gasteiger partial charge < -0.3 is 10.4 Å². The van der Waals surface area contributed by atoms with Crippen molar-refractivity contribution in [3.05, 3.63) is 58.1 Å². The number of carboxylic acids is 1. The summed E-state index contributed by atoms with van der Waals surface area (Å²) >= 11 is 11.9. The van der Waals surface area contributed by atoms with E-state index in [2.05, 4.69) is 5.32 Å². The first-order chi connectivity index (χ1) is 13.7. The number of piperidine rings is 1. The highest BCUT2D eigenvalue weighted by Gasteiger charge is 2.32. The number of amides is 1. The Morgan fingerprint density at radius 2 is 1.66 bits per heavy atom. The van der Waals surface area contributed by atoms with E-state index in [-0.39, 0.29) is 40.2 Å². The molecule has 29 heavy (non-hydrogen) atoms. The minimum Gasteiger partial charge on any atom is -0.478 e. The summed E-state index contributed by atoms with van der Waals surface area (Å²) in [6.07, 6.45) is 0.684. The lowest BCUT2D eigenvalue weighted by atomic mass is 9.97. The van der Waals surface area contributed by atoms with Crippen LogP contribution in [0.15, 0.2) is 47.4 Å². The molecular formula is C19H18Cl2N2O5S. The summed E-state index contributed by atoms with van der Waals surface area (Å²) in [4.78, 5) is 23.8. The van der Waals surface area contributed by atoms with Gasteiger partial charge in [0.05, 0.1) is 21.2 Å². The Balaban J connectivity index is 1.65. The average molecular weight is 457 g/mol. The molecule has 2 N–H and O–H groups in total. The monoisotopic (exact) mass is 456 g/mol. The fourth-order valence-electron chi connectivity index (χ4n) is 3.10. The van der Waals surface area contributed by atoms with E-state index in [9.17, 15) is 18.0 Å². The Hall–Kier alpha value is -2.13. The third-order valence-electron chi connectivity index (χ3n) is 4.75. The van der Waals surface area contributed by atoms with Crippen LogP contribution in [0, 0.1) is 5.92 Å². The first kappa shape index (κ1) is 21.6. The zero-order chi connectivity index (χ0) is 21.2. The summed E-state index contributed by atoms with van der Waals surface area (Å²) in [6.45, 7) is 0.401. The third-order valence-corrected chi connectivity index (χ3v) is 7.24. The number of carboxylic acid groups (broad SMARTS) is 1. The molecule has 0 aliphatic carbocycles. The maximum atomic E-state index is 12.7. The molecule has 1 amide bonds. The number of nitrogens with zero attached hydrogens (tertiary/aromatic N) is 1. The smallest absolute Gasteiger partial charge is 0.335 e. The van der Waals surface area contributed by atoms with Gasteiger partial charge in [0, 0.05) is 24.0 Å². The number of aromatic carboxylic acids is 1. The van der Waals surface area contributed by atoms with Gasteiger partial charge in [0.2, 0.25) is 15.9 Å². The molecule has 154 valence electrons.